The van der Waals surface area contributed by atoms with Gasteiger partial charge in [-0.3, -0.25) is 0 Å². The molecule has 0 aliphatic carbocycles. The van der Waals surface area contributed by atoms with Crippen LogP contribution in [0.25, 0.3) is 0 Å². The predicted molar refractivity (Wildman–Crippen MR) is 62.4 cm³/mol. The van der Waals surface area contributed by atoms with Crippen LogP contribution in [0.3, 0.4) is 0 Å². The van der Waals surface area contributed by atoms with E-state index in [9.17, 15) is 4.39 Å². The highest BCUT2D eigenvalue weighted by Gasteiger charge is 2.11. The number of rotatable bonds is 4. The molecule has 3 heteroatoms. The van der Waals surface area contributed by atoms with Gasteiger partial charge in [-0.1, -0.05) is 13.8 Å². The topological polar surface area (TPSA) is 38.0 Å². The Morgan fingerprint density at radius 3 is 2.53 bits per heavy atom. The van der Waals surface area contributed by atoms with Crippen LogP contribution in [0.5, 0.6) is 0 Å². The normalized spacial score (nSPS) is 12.9. The Morgan fingerprint density at radius 2 is 2.07 bits per heavy atom. The van der Waals surface area contributed by atoms with Gasteiger partial charge in [-0.25, -0.2) is 4.39 Å². The van der Waals surface area contributed by atoms with Gasteiger partial charge in [0.25, 0.3) is 0 Å². The van der Waals surface area contributed by atoms with E-state index in [0.717, 1.165) is 5.69 Å². The number of nitrogens with two attached hydrogens (primary N) is 1. The first-order valence-electron chi connectivity index (χ1n) is 5.27. The molecule has 0 aliphatic heterocycles. The zero-order valence-electron chi connectivity index (χ0n) is 9.55. The number of hydrogen-bond acceptors (Lipinski definition) is 2. The van der Waals surface area contributed by atoms with E-state index in [1.807, 2.05) is 0 Å². The van der Waals surface area contributed by atoms with Crippen molar-refractivity contribution in [3.63, 3.8) is 0 Å². The average Bonchev–Trinajstić information content (AvgIpc) is 2.19. The van der Waals surface area contributed by atoms with Crippen molar-refractivity contribution in [2.75, 3.05) is 11.9 Å². The SMILES string of the molecule is Cc1cc(NC(CN)C(C)C)ccc1F. The first kappa shape index (κ1) is 12.0. The highest BCUT2D eigenvalue weighted by molar-refractivity contribution is 5.46. The second-order valence-electron chi connectivity index (χ2n) is 4.19. The third-order valence-corrected chi connectivity index (χ3v) is 2.57. The molecule has 2 nitrogen and oxygen atoms in total. The molecule has 0 bridgehead atoms. The lowest BCUT2D eigenvalue weighted by atomic mass is 10.0. The van der Waals surface area contributed by atoms with Crippen molar-refractivity contribution in [3.05, 3.63) is 29.6 Å². The number of halogens is 1. The lowest BCUT2D eigenvalue weighted by Gasteiger charge is -2.22. The van der Waals surface area contributed by atoms with Crippen molar-refractivity contribution in [1.82, 2.24) is 0 Å². The van der Waals surface area contributed by atoms with Crippen LogP contribution in [0.2, 0.25) is 0 Å². The standard InChI is InChI=1S/C12H19FN2/c1-8(2)12(7-14)15-10-4-5-11(13)9(3)6-10/h4-6,8,12,15H,7,14H2,1-3H3. The summed E-state index contributed by atoms with van der Waals surface area (Å²) in [6.07, 6.45) is 0. The highest BCUT2D eigenvalue weighted by Crippen LogP contribution is 2.16. The fraction of sp³-hybridized carbons (Fsp3) is 0.500. The van der Waals surface area contributed by atoms with Crippen LogP contribution < -0.4 is 11.1 Å². The Morgan fingerprint density at radius 1 is 1.40 bits per heavy atom. The number of aryl methyl sites for hydroxylation is 1. The minimum atomic E-state index is -0.172. The zero-order valence-corrected chi connectivity index (χ0v) is 9.55. The Bertz CT molecular complexity index is 323. The van der Waals surface area contributed by atoms with E-state index >= 15 is 0 Å². The van der Waals surface area contributed by atoms with Gasteiger partial charge in [0.15, 0.2) is 0 Å². The summed E-state index contributed by atoms with van der Waals surface area (Å²) in [5, 5.41) is 3.30. The smallest absolute Gasteiger partial charge is 0.126 e. The monoisotopic (exact) mass is 210 g/mol. The van der Waals surface area contributed by atoms with Crippen LogP contribution in [0.1, 0.15) is 19.4 Å². The highest BCUT2D eigenvalue weighted by atomic mass is 19.1. The van der Waals surface area contributed by atoms with Gasteiger partial charge >= 0.3 is 0 Å². The first-order valence-corrected chi connectivity index (χ1v) is 5.27. The fourth-order valence-corrected chi connectivity index (χ4v) is 1.45. The van der Waals surface area contributed by atoms with Crippen molar-refractivity contribution < 1.29 is 4.39 Å². The maximum absolute atomic E-state index is 13.0. The molecule has 3 N–H and O–H groups in total. The molecule has 1 unspecified atom stereocenters. The second-order valence-corrected chi connectivity index (χ2v) is 4.19. The van der Waals surface area contributed by atoms with Crippen molar-refractivity contribution in [2.45, 2.75) is 26.8 Å². The minimum Gasteiger partial charge on any atom is -0.381 e. The van der Waals surface area contributed by atoms with E-state index in [-0.39, 0.29) is 11.9 Å². The molecule has 0 amide bonds. The second kappa shape index (κ2) is 5.12. The van der Waals surface area contributed by atoms with Crippen LogP contribution >= 0.6 is 0 Å². The maximum Gasteiger partial charge on any atom is 0.126 e. The van der Waals surface area contributed by atoms with Crippen molar-refractivity contribution >= 4 is 5.69 Å². The molecular weight excluding hydrogens is 191 g/mol. The molecule has 84 valence electrons. The molecule has 0 heterocycles. The van der Waals surface area contributed by atoms with Crippen LogP contribution in [0.4, 0.5) is 10.1 Å². The Balaban J connectivity index is 2.75. The van der Waals surface area contributed by atoms with Crippen molar-refractivity contribution in [1.29, 1.82) is 0 Å². The number of anilines is 1. The Labute approximate surface area is 90.7 Å². The van der Waals surface area contributed by atoms with E-state index < -0.39 is 0 Å². The third-order valence-electron chi connectivity index (χ3n) is 2.57. The molecule has 0 saturated carbocycles. The summed E-state index contributed by atoms with van der Waals surface area (Å²) in [7, 11) is 0. The molecule has 1 aromatic rings. The average molecular weight is 210 g/mol. The Hall–Kier alpha value is -1.09. The van der Waals surface area contributed by atoms with Crippen molar-refractivity contribution in [3.8, 4) is 0 Å². The molecule has 1 aromatic carbocycles. The first-order chi connectivity index (χ1) is 7.04. The molecule has 1 atom stereocenters. The molecule has 0 aliphatic rings. The van der Waals surface area contributed by atoms with E-state index in [0.29, 0.717) is 18.0 Å². The van der Waals surface area contributed by atoms with Crippen LogP contribution in [0, 0.1) is 18.7 Å². The lowest BCUT2D eigenvalue weighted by Crippen LogP contribution is -2.33. The van der Waals surface area contributed by atoms with Gasteiger partial charge in [-0.15, -0.1) is 0 Å². The van der Waals surface area contributed by atoms with Crippen LogP contribution in [-0.4, -0.2) is 12.6 Å². The van der Waals surface area contributed by atoms with Gasteiger partial charge in [0.2, 0.25) is 0 Å². The molecule has 0 saturated heterocycles. The zero-order chi connectivity index (χ0) is 11.4. The fourth-order valence-electron chi connectivity index (χ4n) is 1.45. The lowest BCUT2D eigenvalue weighted by molar-refractivity contribution is 0.531. The van der Waals surface area contributed by atoms with Gasteiger partial charge in [0, 0.05) is 18.3 Å². The van der Waals surface area contributed by atoms with E-state index in [1.165, 1.54) is 6.07 Å². The molecule has 15 heavy (non-hydrogen) atoms. The number of hydrogen-bond donors (Lipinski definition) is 2. The Kier molecular flexibility index (Phi) is 4.09. The minimum absolute atomic E-state index is 0.172. The summed E-state index contributed by atoms with van der Waals surface area (Å²) in [6, 6.07) is 5.26. The van der Waals surface area contributed by atoms with E-state index in [4.69, 9.17) is 5.73 Å². The largest absolute Gasteiger partial charge is 0.381 e. The molecule has 1 rings (SSSR count). The van der Waals surface area contributed by atoms with Gasteiger partial charge < -0.3 is 11.1 Å². The summed E-state index contributed by atoms with van der Waals surface area (Å²) in [5.74, 6) is 0.287. The maximum atomic E-state index is 13.0. The van der Waals surface area contributed by atoms with Crippen LogP contribution in [-0.2, 0) is 0 Å². The van der Waals surface area contributed by atoms with E-state index in [2.05, 4.69) is 19.2 Å². The number of nitrogens with one attached hydrogen (secondary N) is 1. The quantitative estimate of drug-likeness (QED) is 0.801. The number of benzene rings is 1. The molecule has 0 fully saturated rings. The summed E-state index contributed by atoms with van der Waals surface area (Å²) in [6.45, 7) is 6.56. The summed E-state index contributed by atoms with van der Waals surface area (Å²) in [5.41, 5.74) is 7.23. The summed E-state index contributed by atoms with van der Waals surface area (Å²) >= 11 is 0. The van der Waals surface area contributed by atoms with E-state index in [1.54, 1.807) is 19.1 Å². The van der Waals surface area contributed by atoms with Gasteiger partial charge in [-0.05, 0) is 36.6 Å². The molecule has 0 radical (unpaired) electrons. The van der Waals surface area contributed by atoms with Gasteiger partial charge in [0.1, 0.15) is 5.82 Å². The van der Waals surface area contributed by atoms with Crippen molar-refractivity contribution in [2.24, 2.45) is 11.7 Å². The molecule has 0 spiro atoms. The molecule has 0 aromatic heterocycles. The summed E-state index contributed by atoms with van der Waals surface area (Å²) < 4.78 is 13.0. The predicted octanol–water partition coefficient (Wildman–Crippen LogP) is 2.53. The molecular formula is C12H19FN2. The van der Waals surface area contributed by atoms with Crippen LogP contribution in [0.15, 0.2) is 18.2 Å². The van der Waals surface area contributed by atoms with Gasteiger partial charge in [-0.2, -0.15) is 0 Å². The summed E-state index contributed by atoms with van der Waals surface area (Å²) in [4.78, 5) is 0. The van der Waals surface area contributed by atoms with Gasteiger partial charge in [0.05, 0.1) is 0 Å². The third kappa shape index (κ3) is 3.20.